The molecule has 1 unspecified atom stereocenters. The molecule has 0 spiro atoms. The van der Waals surface area contributed by atoms with Gasteiger partial charge in [-0.25, -0.2) is 4.98 Å². The summed E-state index contributed by atoms with van der Waals surface area (Å²) in [5.41, 5.74) is -0.0955. The Hall–Kier alpha value is -1.03. The summed E-state index contributed by atoms with van der Waals surface area (Å²) in [6, 6.07) is 1.58. The lowest BCUT2D eigenvalue weighted by atomic mass is 10.4. The van der Waals surface area contributed by atoms with Crippen LogP contribution in [0.2, 0.25) is 5.15 Å². The highest BCUT2D eigenvalue weighted by atomic mass is 35.5. The maximum atomic E-state index is 11.3. The molecule has 0 saturated carbocycles. The van der Waals surface area contributed by atoms with E-state index in [-0.39, 0.29) is 16.8 Å². The molecular weight excluding hydrogens is 178 g/mol. The fourth-order valence-electron chi connectivity index (χ4n) is 1.30. The quantitative estimate of drug-likeness (QED) is 0.606. The maximum Gasteiger partial charge on any atom is 0.256 e. The Kier molecular flexibility index (Phi) is 1.58. The van der Waals surface area contributed by atoms with Crippen LogP contribution in [0.4, 0.5) is 5.95 Å². The van der Waals surface area contributed by atoms with Gasteiger partial charge in [0.15, 0.2) is 0 Å². The molecule has 1 aliphatic rings. The van der Waals surface area contributed by atoms with Crippen molar-refractivity contribution in [3.8, 4) is 0 Å². The summed E-state index contributed by atoms with van der Waals surface area (Å²) in [7, 11) is 0. The van der Waals surface area contributed by atoms with Crippen LogP contribution in [0.15, 0.2) is 10.9 Å². The minimum Gasteiger partial charge on any atom is -0.351 e. The first-order valence-corrected chi connectivity index (χ1v) is 4.08. The minimum atomic E-state index is -0.0955. The smallest absolute Gasteiger partial charge is 0.256 e. The van der Waals surface area contributed by atoms with Crippen molar-refractivity contribution in [3.05, 3.63) is 21.6 Å². The summed E-state index contributed by atoms with van der Waals surface area (Å²) in [5, 5.41) is 3.29. The predicted molar refractivity (Wildman–Crippen MR) is 46.6 cm³/mol. The van der Waals surface area contributed by atoms with E-state index in [1.165, 1.54) is 6.07 Å². The zero-order chi connectivity index (χ0) is 8.72. The zero-order valence-corrected chi connectivity index (χ0v) is 7.30. The van der Waals surface area contributed by atoms with Gasteiger partial charge in [-0.3, -0.25) is 9.36 Å². The number of aromatic nitrogens is 2. The Morgan fingerprint density at radius 3 is 3.33 bits per heavy atom. The van der Waals surface area contributed by atoms with Crippen LogP contribution in [0.25, 0.3) is 0 Å². The average Bonchev–Trinajstić information content (AvgIpc) is 2.29. The molecule has 1 aromatic rings. The third kappa shape index (κ3) is 1.08. The Labute approximate surface area is 74.2 Å². The highest BCUT2D eigenvalue weighted by Gasteiger charge is 2.18. The van der Waals surface area contributed by atoms with Crippen molar-refractivity contribution in [3.63, 3.8) is 0 Å². The first-order valence-electron chi connectivity index (χ1n) is 3.71. The molecule has 0 saturated heterocycles. The third-order valence-corrected chi connectivity index (χ3v) is 2.00. The molecule has 2 rings (SSSR count). The van der Waals surface area contributed by atoms with Gasteiger partial charge in [0.1, 0.15) is 5.15 Å². The van der Waals surface area contributed by atoms with Crippen molar-refractivity contribution in [1.82, 2.24) is 9.55 Å². The van der Waals surface area contributed by atoms with Crippen LogP contribution in [-0.2, 0) is 6.54 Å². The second-order valence-electron chi connectivity index (χ2n) is 2.90. The number of rotatable bonds is 0. The maximum absolute atomic E-state index is 11.3. The molecule has 0 aromatic carbocycles. The van der Waals surface area contributed by atoms with Crippen LogP contribution in [0.5, 0.6) is 0 Å². The van der Waals surface area contributed by atoms with Gasteiger partial charge in [-0.15, -0.1) is 0 Å². The van der Waals surface area contributed by atoms with E-state index in [4.69, 9.17) is 11.6 Å². The number of hydrogen-bond donors (Lipinski definition) is 1. The lowest BCUT2D eigenvalue weighted by Crippen LogP contribution is -2.18. The van der Waals surface area contributed by atoms with Gasteiger partial charge in [-0.2, -0.15) is 0 Å². The molecule has 0 amide bonds. The van der Waals surface area contributed by atoms with Gasteiger partial charge in [0.05, 0.1) is 0 Å². The Balaban J connectivity index is 2.60. The highest BCUT2D eigenvalue weighted by molar-refractivity contribution is 6.29. The Bertz CT molecular complexity index is 373. The average molecular weight is 186 g/mol. The van der Waals surface area contributed by atoms with Crippen LogP contribution in [0, 0.1) is 0 Å². The number of halogens is 1. The van der Waals surface area contributed by atoms with Crippen LogP contribution in [0.1, 0.15) is 6.92 Å². The molecule has 64 valence electrons. The van der Waals surface area contributed by atoms with Crippen LogP contribution < -0.4 is 10.9 Å². The number of nitrogens with zero attached hydrogens (tertiary/aromatic N) is 2. The molecule has 1 aliphatic heterocycles. The van der Waals surface area contributed by atoms with Crippen molar-refractivity contribution in [1.29, 1.82) is 0 Å². The number of anilines is 1. The van der Waals surface area contributed by atoms with E-state index >= 15 is 0 Å². The molecule has 0 fully saturated rings. The van der Waals surface area contributed by atoms with E-state index in [2.05, 4.69) is 10.3 Å². The topological polar surface area (TPSA) is 46.9 Å². The Morgan fingerprint density at radius 1 is 1.83 bits per heavy atom. The van der Waals surface area contributed by atoms with Crippen LogP contribution in [-0.4, -0.2) is 15.6 Å². The largest absolute Gasteiger partial charge is 0.351 e. The lowest BCUT2D eigenvalue weighted by molar-refractivity contribution is 0.673. The van der Waals surface area contributed by atoms with Crippen LogP contribution in [0.3, 0.4) is 0 Å². The fourth-order valence-corrected chi connectivity index (χ4v) is 1.48. The van der Waals surface area contributed by atoms with E-state index in [1.807, 2.05) is 6.92 Å². The first-order chi connectivity index (χ1) is 5.66. The summed E-state index contributed by atoms with van der Waals surface area (Å²) < 4.78 is 1.58. The molecular formula is C7H8ClN3O. The van der Waals surface area contributed by atoms with E-state index in [1.54, 1.807) is 4.57 Å². The van der Waals surface area contributed by atoms with E-state index in [0.717, 1.165) is 0 Å². The first kappa shape index (κ1) is 7.61. The van der Waals surface area contributed by atoms with Crippen molar-refractivity contribution >= 4 is 17.5 Å². The molecule has 2 heterocycles. The second-order valence-corrected chi connectivity index (χ2v) is 3.28. The third-order valence-electron chi connectivity index (χ3n) is 1.81. The van der Waals surface area contributed by atoms with E-state index in [0.29, 0.717) is 12.5 Å². The second kappa shape index (κ2) is 2.48. The summed E-state index contributed by atoms with van der Waals surface area (Å²) >= 11 is 5.61. The molecule has 1 aromatic heterocycles. The van der Waals surface area contributed by atoms with Gasteiger partial charge in [0, 0.05) is 18.7 Å². The molecule has 0 radical (unpaired) electrons. The molecule has 1 N–H and O–H groups in total. The standard InChI is InChI=1S/C7H8ClN3O/c1-4-3-11-6(12)2-5(8)10-7(11)9-4/h2,4H,3H2,1H3,(H,9,10). The van der Waals surface area contributed by atoms with Crippen molar-refractivity contribution in [2.45, 2.75) is 19.5 Å². The van der Waals surface area contributed by atoms with Gasteiger partial charge < -0.3 is 5.32 Å². The van der Waals surface area contributed by atoms with Gasteiger partial charge in [-0.1, -0.05) is 11.6 Å². The minimum absolute atomic E-state index is 0.0955. The van der Waals surface area contributed by atoms with Crippen LogP contribution >= 0.6 is 11.6 Å². The zero-order valence-electron chi connectivity index (χ0n) is 6.54. The normalized spacial score (nSPS) is 20.3. The summed E-state index contributed by atoms with van der Waals surface area (Å²) in [6.07, 6.45) is 0. The molecule has 0 bridgehead atoms. The predicted octanol–water partition coefficient (Wildman–Crippen LogP) is 0.711. The summed E-state index contributed by atoms with van der Waals surface area (Å²) in [4.78, 5) is 15.3. The number of fused-ring (bicyclic) bond motifs is 1. The van der Waals surface area contributed by atoms with Gasteiger partial charge in [0.2, 0.25) is 5.95 Å². The van der Waals surface area contributed by atoms with E-state index in [9.17, 15) is 4.79 Å². The van der Waals surface area contributed by atoms with Gasteiger partial charge in [-0.05, 0) is 6.92 Å². The molecule has 1 atom stereocenters. The van der Waals surface area contributed by atoms with Gasteiger partial charge >= 0.3 is 0 Å². The SMILES string of the molecule is CC1Cn2c(nc(Cl)cc2=O)N1. The Morgan fingerprint density at radius 2 is 2.58 bits per heavy atom. The summed E-state index contributed by atoms with van der Waals surface area (Å²) in [6.45, 7) is 2.65. The molecule has 12 heavy (non-hydrogen) atoms. The molecule has 4 nitrogen and oxygen atoms in total. The van der Waals surface area contributed by atoms with Crippen molar-refractivity contribution in [2.24, 2.45) is 0 Å². The van der Waals surface area contributed by atoms with Crippen molar-refractivity contribution < 1.29 is 0 Å². The number of hydrogen-bond acceptors (Lipinski definition) is 3. The monoisotopic (exact) mass is 185 g/mol. The summed E-state index contributed by atoms with van der Waals surface area (Å²) in [5.74, 6) is 0.569. The van der Waals surface area contributed by atoms with Crippen molar-refractivity contribution in [2.75, 3.05) is 5.32 Å². The fraction of sp³-hybridized carbons (Fsp3) is 0.429. The lowest BCUT2D eigenvalue weighted by Gasteiger charge is -1.99. The molecule has 0 aliphatic carbocycles. The highest BCUT2D eigenvalue weighted by Crippen LogP contribution is 2.14. The van der Waals surface area contributed by atoms with Gasteiger partial charge in [0.25, 0.3) is 5.56 Å². The molecule has 5 heteroatoms. The number of nitrogens with one attached hydrogen (secondary N) is 1. The van der Waals surface area contributed by atoms with E-state index < -0.39 is 0 Å².